The standard InChI is InChI=1S/C19H22FNO2S/c1-15-4-2-5-17(14-15)23-12-10-19(22)21-11-3-13-24-18-8-6-16(20)7-9-18/h2,4-9,14H,3,10-13H2,1H3,(H,21,22). The molecule has 0 unspecified atom stereocenters. The van der Waals surface area contributed by atoms with Crippen LogP contribution in [0.15, 0.2) is 53.4 Å². The second-order valence-electron chi connectivity index (χ2n) is 5.42. The minimum absolute atomic E-state index is 0.00515. The van der Waals surface area contributed by atoms with Gasteiger partial charge in [-0.2, -0.15) is 0 Å². The highest BCUT2D eigenvalue weighted by Gasteiger charge is 2.02. The van der Waals surface area contributed by atoms with Crippen molar-refractivity contribution in [3.8, 4) is 5.75 Å². The molecule has 0 bridgehead atoms. The zero-order chi connectivity index (χ0) is 17.2. The fraction of sp³-hybridized carbons (Fsp3) is 0.316. The molecule has 128 valence electrons. The number of ether oxygens (including phenoxy) is 1. The van der Waals surface area contributed by atoms with Crippen LogP contribution in [-0.2, 0) is 4.79 Å². The quantitative estimate of drug-likeness (QED) is 0.546. The third-order valence-electron chi connectivity index (χ3n) is 3.31. The summed E-state index contributed by atoms with van der Waals surface area (Å²) in [5.74, 6) is 1.44. The van der Waals surface area contributed by atoms with Crippen LogP contribution >= 0.6 is 11.8 Å². The molecular weight excluding hydrogens is 325 g/mol. The van der Waals surface area contributed by atoms with Crippen LogP contribution in [-0.4, -0.2) is 24.8 Å². The van der Waals surface area contributed by atoms with Gasteiger partial charge in [-0.05, 0) is 61.1 Å². The van der Waals surface area contributed by atoms with Gasteiger partial charge in [0.05, 0.1) is 13.0 Å². The topological polar surface area (TPSA) is 38.3 Å². The van der Waals surface area contributed by atoms with E-state index >= 15 is 0 Å². The number of aryl methyl sites for hydroxylation is 1. The number of nitrogens with one attached hydrogen (secondary N) is 1. The minimum atomic E-state index is -0.223. The summed E-state index contributed by atoms with van der Waals surface area (Å²) in [4.78, 5) is 12.8. The van der Waals surface area contributed by atoms with E-state index in [1.165, 1.54) is 12.1 Å². The van der Waals surface area contributed by atoms with Crippen LogP contribution in [0.5, 0.6) is 5.75 Å². The van der Waals surface area contributed by atoms with Gasteiger partial charge in [0.2, 0.25) is 5.91 Å². The maximum Gasteiger partial charge on any atom is 0.223 e. The predicted molar refractivity (Wildman–Crippen MR) is 96.0 cm³/mol. The van der Waals surface area contributed by atoms with Crippen molar-refractivity contribution in [2.75, 3.05) is 18.9 Å². The lowest BCUT2D eigenvalue weighted by Crippen LogP contribution is -2.26. The summed E-state index contributed by atoms with van der Waals surface area (Å²) in [5.41, 5.74) is 1.13. The summed E-state index contributed by atoms with van der Waals surface area (Å²) in [6.45, 7) is 3.01. The Morgan fingerprint density at radius 2 is 2.00 bits per heavy atom. The highest BCUT2D eigenvalue weighted by atomic mass is 32.2. The number of benzene rings is 2. The van der Waals surface area contributed by atoms with Crippen LogP contribution < -0.4 is 10.1 Å². The van der Waals surface area contributed by atoms with Crippen molar-refractivity contribution >= 4 is 17.7 Å². The minimum Gasteiger partial charge on any atom is -0.493 e. The Morgan fingerprint density at radius 3 is 2.75 bits per heavy atom. The molecule has 0 atom stereocenters. The maximum atomic E-state index is 12.8. The Balaban J connectivity index is 1.52. The summed E-state index contributed by atoms with van der Waals surface area (Å²) < 4.78 is 18.3. The molecule has 0 heterocycles. The number of carbonyl (C=O) groups is 1. The number of carbonyl (C=O) groups excluding carboxylic acids is 1. The molecule has 1 N–H and O–H groups in total. The van der Waals surface area contributed by atoms with Gasteiger partial charge >= 0.3 is 0 Å². The van der Waals surface area contributed by atoms with E-state index in [-0.39, 0.29) is 11.7 Å². The fourth-order valence-electron chi connectivity index (χ4n) is 2.08. The Bertz CT molecular complexity index is 646. The summed E-state index contributed by atoms with van der Waals surface area (Å²) >= 11 is 1.65. The van der Waals surface area contributed by atoms with Crippen molar-refractivity contribution in [3.63, 3.8) is 0 Å². The molecule has 0 saturated carbocycles. The van der Waals surface area contributed by atoms with Crippen LogP contribution in [0.1, 0.15) is 18.4 Å². The van der Waals surface area contributed by atoms with Crippen molar-refractivity contribution in [2.45, 2.75) is 24.7 Å². The molecule has 2 aromatic carbocycles. The van der Waals surface area contributed by atoms with E-state index in [9.17, 15) is 9.18 Å². The van der Waals surface area contributed by atoms with E-state index in [4.69, 9.17) is 4.74 Å². The van der Waals surface area contributed by atoms with Crippen molar-refractivity contribution in [1.29, 1.82) is 0 Å². The molecule has 1 amide bonds. The van der Waals surface area contributed by atoms with Gasteiger partial charge in [0, 0.05) is 11.4 Å². The third-order valence-corrected chi connectivity index (χ3v) is 4.41. The third kappa shape index (κ3) is 7.04. The van der Waals surface area contributed by atoms with Gasteiger partial charge in [0.25, 0.3) is 0 Å². The summed E-state index contributed by atoms with van der Waals surface area (Å²) in [5, 5.41) is 2.88. The van der Waals surface area contributed by atoms with Crippen LogP contribution in [0.2, 0.25) is 0 Å². The first-order chi connectivity index (χ1) is 11.6. The molecule has 5 heteroatoms. The van der Waals surface area contributed by atoms with Gasteiger partial charge in [-0.25, -0.2) is 4.39 Å². The number of thioether (sulfide) groups is 1. The average Bonchev–Trinajstić information content (AvgIpc) is 2.56. The van der Waals surface area contributed by atoms with Crippen LogP contribution in [0.25, 0.3) is 0 Å². The van der Waals surface area contributed by atoms with Gasteiger partial charge in [0.1, 0.15) is 11.6 Å². The molecular formula is C19H22FNO2S. The number of hydrogen-bond acceptors (Lipinski definition) is 3. The van der Waals surface area contributed by atoms with E-state index in [1.807, 2.05) is 31.2 Å². The van der Waals surface area contributed by atoms with Crippen molar-refractivity contribution < 1.29 is 13.9 Å². The van der Waals surface area contributed by atoms with Crippen molar-refractivity contribution in [3.05, 3.63) is 59.9 Å². The van der Waals surface area contributed by atoms with E-state index in [0.29, 0.717) is 19.6 Å². The molecule has 0 saturated heterocycles. The van der Waals surface area contributed by atoms with E-state index in [2.05, 4.69) is 5.32 Å². The van der Waals surface area contributed by atoms with E-state index in [1.54, 1.807) is 23.9 Å². The predicted octanol–water partition coefficient (Wildman–Crippen LogP) is 4.20. The monoisotopic (exact) mass is 347 g/mol. The molecule has 0 aliphatic heterocycles. The van der Waals surface area contributed by atoms with Crippen LogP contribution in [0.4, 0.5) is 4.39 Å². The molecule has 0 fully saturated rings. The number of amides is 1. The molecule has 2 aromatic rings. The van der Waals surface area contributed by atoms with Gasteiger partial charge in [-0.1, -0.05) is 12.1 Å². The molecule has 2 rings (SSSR count). The summed E-state index contributed by atoms with van der Waals surface area (Å²) in [6, 6.07) is 14.2. The first kappa shape index (κ1) is 18.3. The Morgan fingerprint density at radius 1 is 1.21 bits per heavy atom. The van der Waals surface area contributed by atoms with Crippen molar-refractivity contribution in [1.82, 2.24) is 5.32 Å². The average molecular weight is 347 g/mol. The highest BCUT2D eigenvalue weighted by molar-refractivity contribution is 7.99. The van der Waals surface area contributed by atoms with Gasteiger partial charge in [0.15, 0.2) is 0 Å². The lowest BCUT2D eigenvalue weighted by atomic mass is 10.2. The first-order valence-electron chi connectivity index (χ1n) is 7.98. The van der Waals surface area contributed by atoms with Gasteiger partial charge in [-0.3, -0.25) is 4.79 Å². The van der Waals surface area contributed by atoms with E-state index < -0.39 is 0 Å². The van der Waals surface area contributed by atoms with E-state index in [0.717, 1.165) is 28.4 Å². The van der Waals surface area contributed by atoms with Crippen LogP contribution in [0.3, 0.4) is 0 Å². The lowest BCUT2D eigenvalue weighted by Gasteiger charge is -2.08. The number of halogens is 1. The normalized spacial score (nSPS) is 10.4. The fourth-order valence-corrected chi connectivity index (χ4v) is 2.93. The molecule has 0 aromatic heterocycles. The molecule has 0 spiro atoms. The zero-order valence-electron chi connectivity index (χ0n) is 13.8. The second kappa shape index (κ2) is 9.98. The SMILES string of the molecule is Cc1cccc(OCCC(=O)NCCCSc2ccc(F)cc2)c1. The summed E-state index contributed by atoms with van der Waals surface area (Å²) in [7, 11) is 0. The number of rotatable bonds is 9. The molecule has 24 heavy (non-hydrogen) atoms. The van der Waals surface area contributed by atoms with Gasteiger partial charge < -0.3 is 10.1 Å². The molecule has 0 radical (unpaired) electrons. The molecule has 0 aliphatic rings. The zero-order valence-corrected chi connectivity index (χ0v) is 14.6. The smallest absolute Gasteiger partial charge is 0.223 e. The van der Waals surface area contributed by atoms with Crippen molar-refractivity contribution in [2.24, 2.45) is 0 Å². The van der Waals surface area contributed by atoms with Crippen LogP contribution in [0, 0.1) is 12.7 Å². The largest absolute Gasteiger partial charge is 0.493 e. The van der Waals surface area contributed by atoms with Gasteiger partial charge in [-0.15, -0.1) is 11.8 Å². The number of hydrogen-bond donors (Lipinski definition) is 1. The highest BCUT2D eigenvalue weighted by Crippen LogP contribution is 2.18. The maximum absolute atomic E-state index is 12.8. The Kier molecular flexibility index (Phi) is 7.62. The Labute approximate surface area is 146 Å². The molecule has 3 nitrogen and oxygen atoms in total. The summed E-state index contributed by atoms with van der Waals surface area (Å²) in [6.07, 6.45) is 1.21. The Hall–Kier alpha value is -2.01. The molecule has 0 aliphatic carbocycles. The second-order valence-corrected chi connectivity index (χ2v) is 6.59. The first-order valence-corrected chi connectivity index (χ1v) is 8.96. The lowest BCUT2D eigenvalue weighted by molar-refractivity contribution is -0.121.